The van der Waals surface area contributed by atoms with Gasteiger partial charge >= 0.3 is 5.97 Å². The predicted molar refractivity (Wildman–Crippen MR) is 104 cm³/mol. The summed E-state index contributed by atoms with van der Waals surface area (Å²) in [5.41, 5.74) is -0.570. The molecule has 0 spiro atoms. The molecule has 0 saturated carbocycles. The topological polar surface area (TPSA) is 84.0 Å². The van der Waals surface area contributed by atoms with Gasteiger partial charge in [-0.15, -0.1) is 0 Å². The van der Waals surface area contributed by atoms with Gasteiger partial charge in [0.1, 0.15) is 11.5 Å². The number of methoxy groups -OCH3 is 1. The number of carbonyl (C=O) groups excluding carboxylic acids is 4. The van der Waals surface area contributed by atoms with E-state index in [0.29, 0.717) is 0 Å². The van der Waals surface area contributed by atoms with Crippen molar-refractivity contribution in [2.75, 3.05) is 7.11 Å². The molecular formula is C17H16BrClN2O5S. The number of nitrogens with zero attached hydrogens (tertiary/aromatic N) is 2. The van der Waals surface area contributed by atoms with Crippen molar-refractivity contribution in [1.82, 2.24) is 9.80 Å². The van der Waals surface area contributed by atoms with Crippen LogP contribution in [0.4, 0.5) is 0 Å². The van der Waals surface area contributed by atoms with E-state index in [9.17, 15) is 19.2 Å². The first-order valence-corrected chi connectivity index (χ1v) is 11.1. The fourth-order valence-corrected chi connectivity index (χ4v) is 4.57. The molecule has 1 fully saturated rings. The average Bonchev–Trinajstić information content (AvgIpc) is 2.90. The van der Waals surface area contributed by atoms with Crippen LogP contribution in [0, 0.1) is 0 Å². The Hall–Kier alpha value is -1.58. The highest BCUT2D eigenvalue weighted by atomic mass is 79.9. The van der Waals surface area contributed by atoms with Gasteiger partial charge in [0.15, 0.2) is 6.04 Å². The number of likely N-dealkylation sites (tertiary alicyclic amines) is 1. The fourth-order valence-electron chi connectivity index (χ4n) is 3.31. The number of halogens is 2. The van der Waals surface area contributed by atoms with Gasteiger partial charge in [-0.3, -0.25) is 19.3 Å². The van der Waals surface area contributed by atoms with E-state index in [1.807, 2.05) is 0 Å². The number of hydrogen-bond acceptors (Lipinski definition) is 6. The Bertz CT molecular complexity index is 813. The van der Waals surface area contributed by atoms with Crippen molar-refractivity contribution < 1.29 is 23.9 Å². The monoisotopic (exact) mass is 474 g/mol. The lowest BCUT2D eigenvalue weighted by Gasteiger charge is -2.51. The van der Waals surface area contributed by atoms with E-state index in [1.54, 1.807) is 26.0 Å². The lowest BCUT2D eigenvalue weighted by molar-refractivity contribution is -0.167. The standard InChI is InChI=1S/C17H16BrClN2O5S/c1-17(2,27-18)11(16(25)26-3)21-12(19)10(15(21)24)20-13(22)8-6-4-5-7-9(8)14(20)23/h4-7,10-12H,1-3H3. The molecule has 1 aromatic rings. The van der Waals surface area contributed by atoms with Crippen LogP contribution in [0.1, 0.15) is 34.6 Å². The van der Waals surface area contributed by atoms with E-state index in [4.69, 9.17) is 16.3 Å². The Morgan fingerprint density at radius 3 is 2.15 bits per heavy atom. The van der Waals surface area contributed by atoms with Gasteiger partial charge < -0.3 is 9.64 Å². The first-order chi connectivity index (χ1) is 12.7. The molecule has 3 unspecified atom stereocenters. The Kier molecular flexibility index (Phi) is 5.31. The molecule has 0 aromatic heterocycles. The maximum absolute atomic E-state index is 12.9. The maximum atomic E-state index is 12.9. The van der Waals surface area contributed by atoms with Crippen molar-refractivity contribution in [2.24, 2.45) is 0 Å². The molecule has 3 atom stereocenters. The average molecular weight is 476 g/mol. The van der Waals surface area contributed by atoms with Crippen molar-refractivity contribution >= 4 is 60.3 Å². The highest BCUT2D eigenvalue weighted by molar-refractivity contribution is 9.50. The highest BCUT2D eigenvalue weighted by Gasteiger charge is 2.61. The first-order valence-electron chi connectivity index (χ1n) is 7.98. The number of alkyl halides is 1. The van der Waals surface area contributed by atoms with Crippen LogP contribution in [-0.4, -0.2) is 62.9 Å². The number of β-lactam (4-membered cyclic amide) rings is 1. The molecular weight excluding hydrogens is 460 g/mol. The molecule has 144 valence electrons. The van der Waals surface area contributed by atoms with E-state index in [2.05, 4.69) is 14.8 Å². The number of carbonyl (C=O) groups is 4. The van der Waals surface area contributed by atoms with Crippen LogP contribution < -0.4 is 0 Å². The van der Waals surface area contributed by atoms with Crippen LogP contribution in [0.2, 0.25) is 0 Å². The number of benzene rings is 1. The van der Waals surface area contributed by atoms with E-state index >= 15 is 0 Å². The zero-order valence-corrected chi connectivity index (χ0v) is 17.8. The summed E-state index contributed by atoms with van der Waals surface area (Å²) in [6.07, 6.45) is 0. The number of fused-ring (bicyclic) bond motifs is 1. The maximum Gasteiger partial charge on any atom is 0.330 e. The van der Waals surface area contributed by atoms with Crippen molar-refractivity contribution in [3.63, 3.8) is 0 Å². The van der Waals surface area contributed by atoms with Crippen LogP contribution in [0.5, 0.6) is 0 Å². The minimum Gasteiger partial charge on any atom is -0.467 e. The van der Waals surface area contributed by atoms with E-state index in [0.717, 1.165) is 9.80 Å². The number of hydrogen-bond donors (Lipinski definition) is 0. The van der Waals surface area contributed by atoms with Crippen molar-refractivity contribution in [3.8, 4) is 0 Å². The number of esters is 1. The molecule has 2 aliphatic heterocycles. The summed E-state index contributed by atoms with van der Waals surface area (Å²) in [5, 5.41) is 0. The summed E-state index contributed by atoms with van der Waals surface area (Å²) >= 11 is 9.67. The number of amides is 3. The minimum absolute atomic E-state index is 0.235. The zero-order chi connectivity index (χ0) is 20.1. The van der Waals surface area contributed by atoms with Crippen LogP contribution >= 0.6 is 36.6 Å². The quantitative estimate of drug-likeness (QED) is 0.214. The number of imide groups is 1. The molecule has 10 heteroatoms. The second-order valence-corrected chi connectivity index (χ2v) is 9.32. The first kappa shape index (κ1) is 20.2. The summed E-state index contributed by atoms with van der Waals surface area (Å²) in [6, 6.07) is 4.19. The lowest BCUT2D eigenvalue weighted by Crippen LogP contribution is -2.75. The smallest absolute Gasteiger partial charge is 0.330 e. The minimum atomic E-state index is -1.16. The summed E-state index contributed by atoms with van der Waals surface area (Å²) in [5.74, 6) is -2.34. The van der Waals surface area contributed by atoms with Gasteiger partial charge in [-0.2, -0.15) is 0 Å². The normalized spacial score (nSPS) is 23.2. The molecule has 27 heavy (non-hydrogen) atoms. The van der Waals surface area contributed by atoms with Crippen LogP contribution in [-0.2, 0) is 14.3 Å². The van der Waals surface area contributed by atoms with Crippen molar-refractivity contribution in [2.45, 2.75) is 36.2 Å². The second-order valence-electron chi connectivity index (χ2n) is 6.70. The van der Waals surface area contributed by atoms with Gasteiger partial charge in [0.2, 0.25) is 0 Å². The van der Waals surface area contributed by atoms with Gasteiger partial charge in [0.25, 0.3) is 17.7 Å². The highest BCUT2D eigenvalue weighted by Crippen LogP contribution is 2.43. The molecule has 3 rings (SSSR count). The molecule has 2 aliphatic rings. The van der Waals surface area contributed by atoms with E-state index in [-0.39, 0.29) is 11.1 Å². The largest absolute Gasteiger partial charge is 0.467 e. The van der Waals surface area contributed by atoms with Gasteiger partial charge in [-0.1, -0.05) is 33.9 Å². The predicted octanol–water partition coefficient (Wildman–Crippen LogP) is 2.42. The lowest BCUT2D eigenvalue weighted by atomic mass is 9.94. The van der Waals surface area contributed by atoms with Crippen LogP contribution in [0.15, 0.2) is 24.3 Å². The van der Waals surface area contributed by atoms with Crippen molar-refractivity contribution in [1.29, 1.82) is 0 Å². The molecule has 0 radical (unpaired) electrons. The molecule has 7 nitrogen and oxygen atoms in total. The Morgan fingerprint density at radius 1 is 1.22 bits per heavy atom. The van der Waals surface area contributed by atoms with E-state index in [1.165, 1.54) is 29.4 Å². The molecule has 0 aliphatic carbocycles. The third-order valence-electron chi connectivity index (χ3n) is 4.70. The molecule has 0 bridgehead atoms. The van der Waals surface area contributed by atoms with Crippen LogP contribution in [0.25, 0.3) is 0 Å². The number of rotatable bonds is 5. The molecule has 1 saturated heterocycles. The third-order valence-corrected chi connectivity index (χ3v) is 8.27. The summed E-state index contributed by atoms with van der Waals surface area (Å²) in [6.45, 7) is 3.50. The van der Waals surface area contributed by atoms with Crippen molar-refractivity contribution in [3.05, 3.63) is 35.4 Å². The molecule has 1 aromatic carbocycles. The summed E-state index contributed by atoms with van der Waals surface area (Å²) in [7, 11) is 2.42. The second kappa shape index (κ2) is 7.10. The number of ether oxygens (including phenoxy) is 1. The van der Waals surface area contributed by atoms with Crippen LogP contribution in [0.3, 0.4) is 0 Å². The van der Waals surface area contributed by atoms with Gasteiger partial charge in [0.05, 0.1) is 23.0 Å². The molecule has 0 N–H and O–H groups in total. The van der Waals surface area contributed by atoms with Gasteiger partial charge in [0, 0.05) is 0 Å². The summed E-state index contributed by atoms with van der Waals surface area (Å²) < 4.78 is 4.07. The zero-order valence-electron chi connectivity index (χ0n) is 14.6. The molecule has 3 amide bonds. The SMILES string of the molecule is COC(=O)C(N1C(=O)C(N2C(=O)c3ccccc3C2=O)C1Cl)C(C)(C)SBr. The van der Waals surface area contributed by atoms with E-state index < -0.39 is 46.0 Å². The fraction of sp³-hybridized carbons (Fsp3) is 0.412. The third kappa shape index (κ3) is 2.96. The molecule has 2 heterocycles. The van der Waals surface area contributed by atoms with Gasteiger partial charge in [-0.25, -0.2) is 4.79 Å². The Morgan fingerprint density at radius 2 is 1.74 bits per heavy atom. The Labute approximate surface area is 172 Å². The summed E-state index contributed by atoms with van der Waals surface area (Å²) in [4.78, 5) is 52.5. The Balaban J connectivity index is 1.91. The van der Waals surface area contributed by atoms with Gasteiger partial charge in [-0.05, 0) is 40.8 Å².